The minimum Gasteiger partial charge on any atom is -0.495 e. The molecular weight excluding hydrogens is 398 g/mol. The van der Waals surface area contributed by atoms with Crippen LogP contribution in [0.4, 0.5) is 0 Å². The second-order valence-corrected chi connectivity index (χ2v) is 6.32. The van der Waals surface area contributed by atoms with E-state index in [0.29, 0.717) is 21.5 Å². The molecule has 1 atom stereocenters. The zero-order valence-electron chi connectivity index (χ0n) is 11.3. The summed E-state index contributed by atoms with van der Waals surface area (Å²) in [5, 5.41) is 0.553. The number of halogens is 4. The fourth-order valence-electron chi connectivity index (χ4n) is 1.97. The fourth-order valence-corrected chi connectivity index (χ4v) is 3.04. The molecule has 0 saturated carbocycles. The Morgan fingerprint density at radius 3 is 2.33 bits per heavy atom. The molecule has 0 spiro atoms. The van der Waals surface area contributed by atoms with Crippen LogP contribution in [0.25, 0.3) is 0 Å². The van der Waals surface area contributed by atoms with Gasteiger partial charge in [-0.05, 0) is 45.8 Å². The number of hydrogen-bond donors (Lipinski definition) is 0. The molecule has 1 unspecified atom stereocenters. The van der Waals surface area contributed by atoms with Crippen molar-refractivity contribution in [3.8, 4) is 11.5 Å². The summed E-state index contributed by atoms with van der Waals surface area (Å²) in [7, 11) is 3.09. The predicted octanol–water partition coefficient (Wildman–Crippen LogP) is 6.10. The highest BCUT2D eigenvalue weighted by atomic mass is 79.9. The zero-order valence-corrected chi connectivity index (χ0v) is 15.1. The Bertz CT molecular complexity index is 662. The Kier molecular flexibility index (Phi) is 5.67. The van der Waals surface area contributed by atoms with Gasteiger partial charge in [0.25, 0.3) is 0 Å². The van der Waals surface area contributed by atoms with Crippen molar-refractivity contribution < 1.29 is 9.47 Å². The van der Waals surface area contributed by atoms with Gasteiger partial charge in [-0.15, -0.1) is 11.6 Å². The van der Waals surface area contributed by atoms with Crippen molar-refractivity contribution in [2.75, 3.05) is 14.2 Å². The van der Waals surface area contributed by atoms with E-state index in [2.05, 4.69) is 15.9 Å². The van der Waals surface area contributed by atoms with Crippen molar-refractivity contribution in [2.24, 2.45) is 0 Å². The van der Waals surface area contributed by atoms with Gasteiger partial charge in [-0.3, -0.25) is 0 Å². The Morgan fingerprint density at radius 2 is 1.76 bits per heavy atom. The largest absolute Gasteiger partial charge is 0.495 e. The third-order valence-corrected chi connectivity index (χ3v) is 5.10. The molecule has 0 aromatic heterocycles. The maximum Gasteiger partial charge on any atom is 0.146 e. The van der Waals surface area contributed by atoms with E-state index in [1.807, 2.05) is 18.2 Å². The second-order valence-electron chi connectivity index (χ2n) is 4.24. The topological polar surface area (TPSA) is 18.5 Å². The summed E-state index contributed by atoms with van der Waals surface area (Å²) >= 11 is 22.3. The van der Waals surface area contributed by atoms with E-state index in [1.54, 1.807) is 26.4 Å². The van der Waals surface area contributed by atoms with E-state index in [4.69, 9.17) is 44.3 Å². The monoisotopic (exact) mass is 408 g/mol. The molecule has 0 aliphatic rings. The van der Waals surface area contributed by atoms with Gasteiger partial charge in [0.1, 0.15) is 16.5 Å². The van der Waals surface area contributed by atoms with Crippen LogP contribution in [0.15, 0.2) is 34.8 Å². The number of rotatable bonds is 4. The maximum atomic E-state index is 6.55. The summed E-state index contributed by atoms with van der Waals surface area (Å²) < 4.78 is 11.4. The average Bonchev–Trinajstić information content (AvgIpc) is 2.49. The van der Waals surface area contributed by atoms with Crippen LogP contribution >= 0.6 is 50.7 Å². The van der Waals surface area contributed by atoms with Gasteiger partial charge in [-0.25, -0.2) is 0 Å². The van der Waals surface area contributed by atoms with Crippen molar-refractivity contribution >= 4 is 50.7 Å². The van der Waals surface area contributed by atoms with Crippen LogP contribution < -0.4 is 9.47 Å². The number of benzene rings is 2. The van der Waals surface area contributed by atoms with Crippen LogP contribution in [-0.4, -0.2) is 14.2 Å². The summed E-state index contributed by atoms with van der Waals surface area (Å²) in [4.78, 5) is 0. The average molecular weight is 411 g/mol. The third kappa shape index (κ3) is 3.42. The molecule has 2 rings (SSSR count). The Labute approximate surface area is 147 Å². The van der Waals surface area contributed by atoms with Gasteiger partial charge in [0.2, 0.25) is 0 Å². The molecule has 2 aromatic rings. The van der Waals surface area contributed by atoms with E-state index in [9.17, 15) is 0 Å². The molecule has 0 radical (unpaired) electrons. The zero-order chi connectivity index (χ0) is 15.6. The fraction of sp³-hybridized carbons (Fsp3) is 0.200. The van der Waals surface area contributed by atoms with Crippen LogP contribution in [0.1, 0.15) is 16.5 Å². The highest BCUT2D eigenvalue weighted by Crippen LogP contribution is 2.43. The normalized spacial score (nSPS) is 12.1. The molecular formula is C15H12BrCl3O2. The van der Waals surface area contributed by atoms with Gasteiger partial charge in [0, 0.05) is 10.0 Å². The van der Waals surface area contributed by atoms with Crippen molar-refractivity contribution in [3.05, 3.63) is 56.0 Å². The molecule has 112 valence electrons. The van der Waals surface area contributed by atoms with E-state index < -0.39 is 5.38 Å². The highest BCUT2D eigenvalue weighted by Gasteiger charge is 2.21. The van der Waals surface area contributed by atoms with E-state index in [1.165, 1.54) is 0 Å². The summed E-state index contributed by atoms with van der Waals surface area (Å²) in [6, 6.07) is 9.14. The minimum atomic E-state index is -0.436. The van der Waals surface area contributed by atoms with Gasteiger partial charge in [0.05, 0.1) is 24.6 Å². The summed E-state index contributed by atoms with van der Waals surface area (Å²) in [5.74, 6) is 1.03. The smallest absolute Gasteiger partial charge is 0.146 e. The molecule has 0 aliphatic heterocycles. The molecule has 0 N–H and O–H groups in total. The van der Waals surface area contributed by atoms with E-state index in [0.717, 1.165) is 15.6 Å². The van der Waals surface area contributed by atoms with Crippen molar-refractivity contribution in [1.82, 2.24) is 0 Å². The summed E-state index contributed by atoms with van der Waals surface area (Å²) in [6.07, 6.45) is 0. The molecule has 0 bridgehead atoms. The third-order valence-electron chi connectivity index (χ3n) is 3.03. The lowest BCUT2D eigenvalue weighted by Crippen LogP contribution is -1.99. The first kappa shape index (κ1) is 16.8. The molecule has 2 nitrogen and oxygen atoms in total. The first-order chi connectivity index (χ1) is 9.99. The Hall–Kier alpha value is -0.610. The van der Waals surface area contributed by atoms with Gasteiger partial charge in [-0.1, -0.05) is 29.3 Å². The second kappa shape index (κ2) is 7.10. The van der Waals surface area contributed by atoms with Gasteiger partial charge < -0.3 is 9.47 Å². The molecule has 0 fully saturated rings. The van der Waals surface area contributed by atoms with Crippen LogP contribution in [0.5, 0.6) is 11.5 Å². The summed E-state index contributed by atoms with van der Waals surface area (Å²) in [5.41, 5.74) is 1.60. The molecule has 6 heteroatoms. The van der Waals surface area contributed by atoms with E-state index >= 15 is 0 Å². The molecule has 2 aromatic carbocycles. The number of alkyl halides is 1. The SMILES string of the molecule is COc1ccc(C(Cl)c2ccc(Br)c(Cl)c2)c(OC)c1Cl. The highest BCUT2D eigenvalue weighted by molar-refractivity contribution is 9.10. The van der Waals surface area contributed by atoms with Crippen molar-refractivity contribution in [3.63, 3.8) is 0 Å². The lowest BCUT2D eigenvalue weighted by molar-refractivity contribution is 0.392. The number of hydrogen-bond acceptors (Lipinski definition) is 2. The molecule has 0 heterocycles. The molecule has 0 amide bonds. The minimum absolute atomic E-state index is 0.395. The Balaban J connectivity index is 2.50. The molecule has 0 aliphatic carbocycles. The van der Waals surface area contributed by atoms with Gasteiger partial charge in [-0.2, -0.15) is 0 Å². The van der Waals surface area contributed by atoms with Crippen molar-refractivity contribution in [2.45, 2.75) is 5.38 Å². The first-order valence-corrected chi connectivity index (χ1v) is 7.97. The number of methoxy groups -OCH3 is 2. The maximum absolute atomic E-state index is 6.55. The first-order valence-electron chi connectivity index (χ1n) is 5.99. The van der Waals surface area contributed by atoms with Crippen LogP contribution in [0.3, 0.4) is 0 Å². The molecule has 0 saturated heterocycles. The quantitative estimate of drug-likeness (QED) is 0.567. The predicted molar refractivity (Wildman–Crippen MR) is 91.4 cm³/mol. The lowest BCUT2D eigenvalue weighted by atomic mass is 10.0. The lowest BCUT2D eigenvalue weighted by Gasteiger charge is -2.17. The number of ether oxygens (including phenoxy) is 2. The van der Waals surface area contributed by atoms with Gasteiger partial charge in [0.15, 0.2) is 0 Å². The Morgan fingerprint density at radius 1 is 1.05 bits per heavy atom. The van der Waals surface area contributed by atoms with Crippen LogP contribution in [-0.2, 0) is 0 Å². The molecule has 21 heavy (non-hydrogen) atoms. The van der Waals surface area contributed by atoms with Crippen LogP contribution in [0.2, 0.25) is 10.0 Å². The van der Waals surface area contributed by atoms with Crippen LogP contribution in [0, 0.1) is 0 Å². The van der Waals surface area contributed by atoms with Gasteiger partial charge >= 0.3 is 0 Å². The van der Waals surface area contributed by atoms with Crippen molar-refractivity contribution in [1.29, 1.82) is 0 Å². The van der Waals surface area contributed by atoms with E-state index in [-0.39, 0.29) is 0 Å². The summed E-state index contributed by atoms with van der Waals surface area (Å²) in [6.45, 7) is 0. The standard InChI is InChI=1S/C15H12BrCl3O2/c1-20-12-6-4-9(15(21-2)14(12)19)13(18)8-3-5-10(16)11(17)7-8/h3-7,13H,1-2H3.